The summed E-state index contributed by atoms with van der Waals surface area (Å²) < 4.78 is 25.7. The van der Waals surface area contributed by atoms with Gasteiger partial charge in [0.1, 0.15) is 4.47 Å². The Balaban J connectivity index is 3.19. The van der Waals surface area contributed by atoms with Crippen LogP contribution in [0, 0.1) is 10.9 Å². The third kappa shape index (κ3) is 1.62. The molecule has 1 aromatic heterocycles. The molecule has 0 radical (unpaired) electrons. The van der Waals surface area contributed by atoms with E-state index in [-0.39, 0.29) is 10.4 Å². The second kappa shape index (κ2) is 3.19. The SMILES string of the molecule is CC(C)c1sc(F)c(Br)c1F. The Morgan fingerprint density at radius 1 is 1.36 bits per heavy atom. The van der Waals surface area contributed by atoms with E-state index in [9.17, 15) is 8.78 Å². The quantitative estimate of drug-likeness (QED) is 0.699. The number of rotatable bonds is 1. The van der Waals surface area contributed by atoms with Crippen molar-refractivity contribution >= 4 is 27.3 Å². The zero-order valence-electron chi connectivity index (χ0n) is 6.12. The van der Waals surface area contributed by atoms with E-state index >= 15 is 0 Å². The van der Waals surface area contributed by atoms with Gasteiger partial charge in [0, 0.05) is 4.88 Å². The summed E-state index contributed by atoms with van der Waals surface area (Å²) in [7, 11) is 0. The molecule has 0 aliphatic heterocycles. The molecular weight excluding hydrogens is 234 g/mol. The molecule has 0 N–H and O–H groups in total. The van der Waals surface area contributed by atoms with Crippen molar-refractivity contribution in [2.24, 2.45) is 0 Å². The van der Waals surface area contributed by atoms with Crippen LogP contribution in [-0.2, 0) is 0 Å². The van der Waals surface area contributed by atoms with Crippen molar-refractivity contribution in [1.82, 2.24) is 0 Å². The van der Waals surface area contributed by atoms with Crippen LogP contribution < -0.4 is 0 Å². The molecule has 62 valence electrons. The van der Waals surface area contributed by atoms with Crippen molar-refractivity contribution in [3.8, 4) is 0 Å². The molecule has 0 unspecified atom stereocenters. The van der Waals surface area contributed by atoms with Gasteiger partial charge in [-0.1, -0.05) is 13.8 Å². The van der Waals surface area contributed by atoms with Crippen LogP contribution in [0.1, 0.15) is 24.6 Å². The van der Waals surface area contributed by atoms with Gasteiger partial charge in [-0.05, 0) is 21.8 Å². The lowest BCUT2D eigenvalue weighted by Crippen LogP contribution is -1.84. The van der Waals surface area contributed by atoms with Gasteiger partial charge >= 0.3 is 0 Å². The van der Waals surface area contributed by atoms with E-state index in [0.717, 1.165) is 11.3 Å². The maximum absolute atomic E-state index is 13.0. The largest absolute Gasteiger partial charge is 0.204 e. The lowest BCUT2D eigenvalue weighted by atomic mass is 10.2. The number of thiophene rings is 1. The van der Waals surface area contributed by atoms with E-state index in [1.165, 1.54) is 0 Å². The third-order valence-corrected chi connectivity index (χ3v) is 3.52. The van der Waals surface area contributed by atoms with Crippen molar-refractivity contribution in [3.05, 3.63) is 20.3 Å². The Morgan fingerprint density at radius 2 is 1.91 bits per heavy atom. The number of halogens is 3. The first-order valence-corrected chi connectivity index (χ1v) is 4.78. The molecule has 11 heavy (non-hydrogen) atoms. The van der Waals surface area contributed by atoms with Gasteiger partial charge in [-0.3, -0.25) is 0 Å². The van der Waals surface area contributed by atoms with E-state index in [4.69, 9.17) is 0 Å². The van der Waals surface area contributed by atoms with Gasteiger partial charge in [0.2, 0.25) is 0 Å². The third-order valence-electron chi connectivity index (χ3n) is 1.31. The highest BCUT2D eigenvalue weighted by molar-refractivity contribution is 9.10. The van der Waals surface area contributed by atoms with Crippen molar-refractivity contribution in [2.45, 2.75) is 19.8 Å². The molecule has 1 heterocycles. The smallest absolute Gasteiger partial charge is 0.193 e. The molecule has 0 nitrogen and oxygen atoms in total. The molecular formula is C7H7BrF2S. The molecule has 0 bridgehead atoms. The van der Waals surface area contributed by atoms with Gasteiger partial charge in [0.15, 0.2) is 10.9 Å². The molecule has 4 heteroatoms. The second-order valence-electron chi connectivity index (χ2n) is 2.52. The fourth-order valence-electron chi connectivity index (χ4n) is 0.752. The fourth-order valence-corrected chi connectivity index (χ4v) is 2.14. The van der Waals surface area contributed by atoms with Gasteiger partial charge in [-0.2, -0.15) is 4.39 Å². The van der Waals surface area contributed by atoms with Crippen LogP contribution >= 0.6 is 27.3 Å². The predicted octanol–water partition coefficient (Wildman–Crippen LogP) is 3.91. The van der Waals surface area contributed by atoms with E-state index in [1.54, 1.807) is 0 Å². The van der Waals surface area contributed by atoms with Crippen LogP contribution in [0.2, 0.25) is 0 Å². The summed E-state index contributed by atoms with van der Waals surface area (Å²) in [5.74, 6) is -0.414. The molecule has 0 aromatic carbocycles. The molecule has 0 saturated carbocycles. The summed E-state index contributed by atoms with van der Waals surface area (Å²) in [6, 6.07) is 0. The van der Waals surface area contributed by atoms with Crippen molar-refractivity contribution in [3.63, 3.8) is 0 Å². The molecule has 0 amide bonds. The normalized spacial score (nSPS) is 11.1. The van der Waals surface area contributed by atoms with E-state index < -0.39 is 10.9 Å². The highest BCUT2D eigenvalue weighted by Crippen LogP contribution is 2.34. The maximum Gasteiger partial charge on any atom is 0.193 e. The maximum atomic E-state index is 13.0. The zero-order chi connectivity index (χ0) is 8.59. The van der Waals surface area contributed by atoms with Gasteiger partial charge < -0.3 is 0 Å². The molecule has 0 saturated heterocycles. The van der Waals surface area contributed by atoms with Crippen LogP contribution in [0.3, 0.4) is 0 Å². The van der Waals surface area contributed by atoms with Gasteiger partial charge in [0.25, 0.3) is 0 Å². The van der Waals surface area contributed by atoms with Crippen molar-refractivity contribution in [2.75, 3.05) is 0 Å². The second-order valence-corrected chi connectivity index (χ2v) is 4.32. The first kappa shape index (κ1) is 9.13. The fraction of sp³-hybridized carbons (Fsp3) is 0.429. The van der Waals surface area contributed by atoms with Crippen LogP contribution in [-0.4, -0.2) is 0 Å². The molecule has 1 aromatic rings. The van der Waals surface area contributed by atoms with E-state index in [0.29, 0.717) is 4.88 Å². The standard InChI is InChI=1S/C7H7BrF2S/c1-3(2)6-5(9)4(8)7(10)11-6/h3H,1-2H3. The van der Waals surface area contributed by atoms with Crippen molar-refractivity contribution < 1.29 is 8.78 Å². The van der Waals surface area contributed by atoms with Gasteiger partial charge in [-0.25, -0.2) is 4.39 Å². The average molecular weight is 241 g/mol. The molecule has 0 spiro atoms. The predicted molar refractivity (Wildman–Crippen MR) is 46.0 cm³/mol. The van der Waals surface area contributed by atoms with Gasteiger partial charge in [-0.15, -0.1) is 11.3 Å². The molecule has 0 aliphatic carbocycles. The monoisotopic (exact) mass is 240 g/mol. The minimum atomic E-state index is -0.480. The minimum Gasteiger partial charge on any atom is -0.204 e. The topological polar surface area (TPSA) is 0 Å². The molecule has 0 atom stereocenters. The summed E-state index contributed by atoms with van der Waals surface area (Å²) in [6.45, 7) is 3.67. The van der Waals surface area contributed by atoms with E-state index in [1.807, 2.05) is 13.8 Å². The van der Waals surface area contributed by atoms with Crippen molar-refractivity contribution in [1.29, 1.82) is 0 Å². The Labute approximate surface area is 76.4 Å². The summed E-state index contributed by atoms with van der Waals surface area (Å²) in [5, 5.41) is -0.480. The first-order chi connectivity index (χ1) is 5.04. The van der Waals surface area contributed by atoms with Crippen LogP contribution in [0.4, 0.5) is 8.78 Å². The zero-order valence-corrected chi connectivity index (χ0v) is 8.52. The summed E-state index contributed by atoms with van der Waals surface area (Å²) in [5.41, 5.74) is 0. The lowest BCUT2D eigenvalue weighted by molar-refractivity contribution is 0.584. The first-order valence-electron chi connectivity index (χ1n) is 3.17. The Morgan fingerprint density at radius 3 is 2.09 bits per heavy atom. The highest BCUT2D eigenvalue weighted by Gasteiger charge is 2.17. The number of hydrogen-bond acceptors (Lipinski definition) is 1. The minimum absolute atomic E-state index is 0.0359. The van der Waals surface area contributed by atoms with E-state index in [2.05, 4.69) is 15.9 Å². The summed E-state index contributed by atoms with van der Waals surface area (Å²) >= 11 is 3.69. The molecule has 0 fully saturated rings. The average Bonchev–Trinajstić information content (AvgIpc) is 2.17. The summed E-state index contributed by atoms with van der Waals surface area (Å²) in [6.07, 6.45) is 0. The lowest BCUT2D eigenvalue weighted by Gasteiger charge is -1.98. The highest BCUT2D eigenvalue weighted by atomic mass is 79.9. The Bertz CT molecular complexity index is 268. The number of hydrogen-bond donors (Lipinski definition) is 0. The Hall–Kier alpha value is 0.0400. The molecule has 1 rings (SSSR count). The Kier molecular flexibility index (Phi) is 2.65. The van der Waals surface area contributed by atoms with Crippen LogP contribution in [0.15, 0.2) is 4.47 Å². The van der Waals surface area contributed by atoms with Crippen LogP contribution in [0.25, 0.3) is 0 Å². The van der Waals surface area contributed by atoms with Crippen LogP contribution in [0.5, 0.6) is 0 Å². The van der Waals surface area contributed by atoms with Gasteiger partial charge in [0.05, 0.1) is 0 Å². The molecule has 0 aliphatic rings. The summed E-state index contributed by atoms with van der Waals surface area (Å²) in [4.78, 5) is 0.467.